The van der Waals surface area contributed by atoms with Crippen molar-refractivity contribution in [3.8, 4) is 0 Å². The van der Waals surface area contributed by atoms with Crippen molar-refractivity contribution in [1.82, 2.24) is 0 Å². The molecule has 0 aliphatic rings. The summed E-state index contributed by atoms with van der Waals surface area (Å²) in [5, 5.41) is 92.1. The van der Waals surface area contributed by atoms with Crippen LogP contribution in [-0.4, -0.2) is 113 Å². The predicted molar refractivity (Wildman–Crippen MR) is 200 cm³/mol. The van der Waals surface area contributed by atoms with Crippen molar-refractivity contribution in [2.75, 3.05) is 0 Å². The van der Waals surface area contributed by atoms with Crippen LogP contribution >= 0.6 is 0 Å². The van der Waals surface area contributed by atoms with Gasteiger partial charge in [-0.3, -0.25) is 0 Å². The van der Waals surface area contributed by atoms with E-state index >= 15 is 0 Å². The van der Waals surface area contributed by atoms with Crippen LogP contribution in [0.15, 0.2) is 91.0 Å². The molecule has 58 heavy (non-hydrogen) atoms. The Kier molecular flexibility index (Phi) is 29.9. The maximum Gasteiger partial charge on any atom is 0.113 e. The summed E-state index contributed by atoms with van der Waals surface area (Å²) in [6.07, 6.45) is 1.62. The van der Waals surface area contributed by atoms with Crippen molar-refractivity contribution in [3.63, 3.8) is 0 Å². The molecule has 0 saturated carbocycles. The van der Waals surface area contributed by atoms with Gasteiger partial charge in [0.25, 0.3) is 0 Å². The summed E-state index contributed by atoms with van der Waals surface area (Å²) >= 11 is 3.37. The molecule has 0 bridgehead atoms. The monoisotopic (exact) mass is 1020 g/mol. The van der Waals surface area contributed by atoms with Gasteiger partial charge in [0.15, 0.2) is 0 Å². The van der Waals surface area contributed by atoms with Gasteiger partial charge in [0.2, 0.25) is 0 Å². The summed E-state index contributed by atoms with van der Waals surface area (Å²) in [6, 6.07) is 24.6. The number of rotatable bonds is 19. The van der Waals surface area contributed by atoms with E-state index in [0.29, 0.717) is 16.7 Å². The molecule has 3 aromatic carbocycles. The first-order chi connectivity index (χ1) is 27.1. The summed E-state index contributed by atoms with van der Waals surface area (Å²) in [6.45, 7) is 4.45. The van der Waals surface area contributed by atoms with Crippen LogP contribution < -0.4 is 30.6 Å². The van der Waals surface area contributed by atoms with E-state index in [9.17, 15) is 74.7 Å². The fourth-order valence-electron chi connectivity index (χ4n) is 4.49. The predicted octanol–water partition coefficient (Wildman–Crippen LogP) is -3.70. The van der Waals surface area contributed by atoms with Crippen molar-refractivity contribution in [3.05, 3.63) is 108 Å². The zero-order valence-electron chi connectivity index (χ0n) is 32.4. The molecule has 3 N–H and O–H groups in total. The average Bonchev–Trinajstić information content (AvgIpc) is 3.13. The molecule has 3 rings (SSSR count). The molecular formula is C41H48O15Sn2. The van der Waals surface area contributed by atoms with E-state index < -0.39 is 71.9 Å². The van der Waals surface area contributed by atoms with E-state index in [1.54, 1.807) is 136 Å². The number of hydrogen-bond acceptors (Lipinski definition) is 15. The molecule has 0 saturated heterocycles. The maximum atomic E-state index is 10.7. The first-order valence-corrected chi connectivity index (χ1v) is 22.0. The number of unbranched alkanes of at least 4 members (excludes halogenated alkanes) is 2. The summed E-state index contributed by atoms with van der Waals surface area (Å²) in [5.41, 5.74) is -5.76. The summed E-state index contributed by atoms with van der Waals surface area (Å²) in [4.78, 5) is 63.2. The number of carbonyl (C=O) groups is 6. The zero-order valence-corrected chi connectivity index (χ0v) is 38.1. The van der Waals surface area contributed by atoms with Gasteiger partial charge in [0, 0.05) is 56.4 Å². The van der Waals surface area contributed by atoms with E-state index in [0.717, 1.165) is 0 Å². The molecule has 0 radical (unpaired) electrons. The van der Waals surface area contributed by atoms with Gasteiger partial charge < -0.3 is 74.7 Å². The summed E-state index contributed by atoms with van der Waals surface area (Å²) in [5.74, 6) is -10.4. The Labute approximate surface area is 364 Å². The Bertz CT molecular complexity index is 1450. The molecule has 0 aliphatic carbocycles. The molecule has 0 aromatic heterocycles. The van der Waals surface area contributed by atoms with Gasteiger partial charge in [0.1, 0.15) is 16.8 Å². The third kappa shape index (κ3) is 26.1. The van der Waals surface area contributed by atoms with Gasteiger partial charge in [-0.15, -0.1) is 0 Å². The molecule has 0 heterocycles. The second kappa shape index (κ2) is 31.0. The Morgan fingerprint density at radius 2 is 0.655 bits per heavy atom. The molecule has 3 unspecified atom stereocenters. The van der Waals surface area contributed by atoms with E-state index in [4.69, 9.17) is 0 Å². The zero-order chi connectivity index (χ0) is 44.8. The number of carboxylic acids is 6. The van der Waals surface area contributed by atoms with Gasteiger partial charge in [-0.25, -0.2) is 0 Å². The molecule has 0 fully saturated rings. The van der Waals surface area contributed by atoms with Crippen molar-refractivity contribution in [1.29, 1.82) is 0 Å². The normalized spacial score (nSPS) is 13.1. The minimum Gasteiger partial charge on any atom is -0.550 e. The van der Waals surface area contributed by atoms with Crippen molar-refractivity contribution in [2.45, 2.75) is 104 Å². The third-order valence-corrected chi connectivity index (χ3v) is 9.55. The molecule has 3 aromatic rings. The van der Waals surface area contributed by atoms with E-state index in [1.165, 1.54) is 34.6 Å². The number of carbonyl (C=O) groups excluding carboxylic acids is 6. The maximum absolute atomic E-state index is 10.7. The number of aliphatic hydroxyl groups is 3. The number of hydrogen-bond donors (Lipinski definition) is 3. The van der Waals surface area contributed by atoms with Crippen LogP contribution in [0.2, 0.25) is 8.87 Å². The van der Waals surface area contributed by atoms with E-state index in [-0.39, 0.29) is 19.3 Å². The molecule has 0 amide bonds. The van der Waals surface area contributed by atoms with Crippen LogP contribution in [0.3, 0.4) is 0 Å². The van der Waals surface area contributed by atoms with Crippen LogP contribution in [0.1, 0.15) is 75.5 Å². The van der Waals surface area contributed by atoms with Crippen LogP contribution in [0.5, 0.6) is 0 Å². The molecule has 3 atom stereocenters. The summed E-state index contributed by atoms with van der Waals surface area (Å²) < 4.78 is 2.87. The van der Waals surface area contributed by atoms with Crippen LogP contribution in [0.4, 0.5) is 0 Å². The molecule has 17 heteroatoms. The standard InChI is InChI=1S/3C11H12O5.2C4H9.2Sn/c3*12-9(13)7-11(16,10(14)15)6-8-4-2-1-3-5-8;2*1-3-4-2;;/h3*1-5,16H,6-7H2,(H,12,13)(H,14,15);2*1,3-4H2,2H3;;/q;;;;;2*+3/p-6. The Morgan fingerprint density at radius 1 is 0.448 bits per heavy atom. The van der Waals surface area contributed by atoms with E-state index in [2.05, 4.69) is 13.8 Å². The van der Waals surface area contributed by atoms with Gasteiger partial charge in [-0.1, -0.05) is 91.0 Å². The minimum absolute atomic E-state index is 0.329. The summed E-state index contributed by atoms with van der Waals surface area (Å²) in [7, 11) is 0. The molecule has 0 spiro atoms. The molecule has 0 aliphatic heterocycles. The second-order valence-corrected chi connectivity index (χ2v) is 15.7. The first-order valence-electron chi connectivity index (χ1n) is 18.0. The Hall–Kier alpha value is -4.04. The van der Waals surface area contributed by atoms with Crippen molar-refractivity contribution >= 4 is 80.9 Å². The first kappa shape index (κ1) is 56.1. The van der Waals surface area contributed by atoms with Gasteiger partial charge in [-0.2, -0.15) is 0 Å². The minimum atomic E-state index is -2.43. The molecule has 15 nitrogen and oxygen atoms in total. The smallest absolute Gasteiger partial charge is 0.113 e. The Balaban J connectivity index is 0. The Morgan fingerprint density at radius 3 is 0.776 bits per heavy atom. The van der Waals surface area contributed by atoms with E-state index in [1.807, 2.05) is 0 Å². The van der Waals surface area contributed by atoms with Gasteiger partial charge in [-0.05, 0) is 16.7 Å². The fourth-order valence-corrected chi connectivity index (χ4v) is 6.51. The number of benzene rings is 3. The molecular weight excluding hydrogens is 970 g/mol. The SMILES string of the molecule is CCC[CH2][Sn+3].CCC[CH2][Sn+3].O=C([O-])CC(O)(Cc1ccccc1)C(=O)[O-].O=C([O-])CC(O)(Cc1ccccc1)C(=O)[O-].O=C([O-])CC(O)(Cc1ccccc1)C(=O)[O-]. The largest absolute Gasteiger partial charge is 0.550 e. The van der Waals surface area contributed by atoms with Gasteiger partial charge in [0.05, 0.1) is 17.9 Å². The van der Waals surface area contributed by atoms with Crippen molar-refractivity contribution < 1.29 is 74.7 Å². The van der Waals surface area contributed by atoms with Crippen LogP contribution in [-0.2, 0) is 48.0 Å². The molecule has 310 valence electrons. The van der Waals surface area contributed by atoms with Crippen LogP contribution in [0.25, 0.3) is 0 Å². The average molecular weight is 1020 g/mol. The second-order valence-electron chi connectivity index (χ2n) is 12.8. The van der Waals surface area contributed by atoms with Gasteiger partial charge >= 0.3 is 93.5 Å². The van der Waals surface area contributed by atoms with Crippen molar-refractivity contribution in [2.24, 2.45) is 0 Å². The van der Waals surface area contributed by atoms with Crippen LogP contribution in [0, 0.1) is 0 Å². The number of carboxylic acid groups (broad SMARTS) is 6. The third-order valence-electron chi connectivity index (χ3n) is 7.53. The number of aliphatic carboxylic acids is 6. The topological polar surface area (TPSA) is 301 Å². The fraction of sp³-hybridized carbons (Fsp3) is 0.415. The quantitative estimate of drug-likeness (QED) is 0.0974.